The first-order valence-corrected chi connectivity index (χ1v) is 11.6. The number of carboxylic acids is 1. The molecule has 1 aromatic heterocycles. The molecule has 3 aromatic rings. The number of thiazole rings is 1. The van der Waals surface area contributed by atoms with Crippen LogP contribution in [-0.4, -0.2) is 26.9 Å². The Morgan fingerprint density at radius 2 is 1.81 bits per heavy atom. The fourth-order valence-electron chi connectivity index (χ4n) is 4.05. The summed E-state index contributed by atoms with van der Waals surface area (Å²) in [6.07, 6.45) is 0.167. The van der Waals surface area contributed by atoms with Crippen molar-refractivity contribution >= 4 is 39.9 Å². The topological polar surface area (TPSA) is 82.5 Å². The van der Waals surface area contributed by atoms with Crippen LogP contribution in [0.3, 0.4) is 0 Å². The molecule has 6 nitrogen and oxygen atoms in total. The number of anilines is 1. The van der Waals surface area contributed by atoms with E-state index in [1.165, 1.54) is 33.9 Å². The molecule has 0 spiro atoms. The van der Waals surface area contributed by atoms with Gasteiger partial charge < -0.3 is 10.4 Å². The normalized spacial score (nSPS) is 15.7. The Kier molecular flexibility index (Phi) is 6.60. The van der Waals surface area contributed by atoms with E-state index in [2.05, 4.69) is 24.1 Å². The summed E-state index contributed by atoms with van der Waals surface area (Å²) in [6.45, 7) is 5.99. The number of hydrogen-bond acceptors (Lipinski definition) is 5. The minimum absolute atomic E-state index is 0.167. The Labute approximate surface area is 195 Å². The highest BCUT2D eigenvalue weighted by Gasteiger charge is 2.36. The van der Waals surface area contributed by atoms with Crippen molar-refractivity contribution in [2.45, 2.75) is 39.4 Å². The van der Waals surface area contributed by atoms with Gasteiger partial charge in [-0.3, -0.25) is 9.69 Å². The first-order valence-electron chi connectivity index (χ1n) is 10.4. The summed E-state index contributed by atoms with van der Waals surface area (Å²) in [6, 6.07) is 14.4. The van der Waals surface area contributed by atoms with E-state index in [0.29, 0.717) is 11.0 Å². The van der Waals surface area contributed by atoms with Crippen molar-refractivity contribution in [2.24, 2.45) is 5.92 Å². The zero-order valence-corrected chi connectivity index (χ0v) is 19.4. The van der Waals surface area contributed by atoms with Gasteiger partial charge in [0.25, 0.3) is 0 Å². The van der Waals surface area contributed by atoms with Crippen molar-refractivity contribution in [3.63, 3.8) is 0 Å². The lowest BCUT2D eigenvalue weighted by atomic mass is 10.0. The number of rotatable bonds is 7. The molecule has 166 valence electrons. The van der Waals surface area contributed by atoms with Gasteiger partial charge in [0.15, 0.2) is 5.13 Å². The lowest BCUT2D eigenvalue weighted by molar-refractivity contribution is -0.115. The molecule has 1 atom stereocenters. The van der Waals surface area contributed by atoms with Gasteiger partial charge in [-0.2, -0.15) is 0 Å². The maximum absolute atomic E-state index is 12.5. The first-order chi connectivity index (χ1) is 15.3. The SMILES string of the molecule is CC(C)[C@H]1c2nc(NC(=O)Cc3ccc(C(=O)O)cc3)sc2CN1Cc1ccc(Cl)cc1. The van der Waals surface area contributed by atoms with Gasteiger partial charge in [0.05, 0.1) is 23.7 Å². The van der Waals surface area contributed by atoms with E-state index >= 15 is 0 Å². The monoisotopic (exact) mass is 469 g/mol. The highest BCUT2D eigenvalue weighted by molar-refractivity contribution is 7.15. The number of hydrogen-bond donors (Lipinski definition) is 2. The summed E-state index contributed by atoms with van der Waals surface area (Å²) in [7, 11) is 0. The zero-order chi connectivity index (χ0) is 22.8. The van der Waals surface area contributed by atoms with E-state index < -0.39 is 5.97 Å². The number of amides is 1. The predicted molar refractivity (Wildman–Crippen MR) is 126 cm³/mol. The largest absolute Gasteiger partial charge is 0.478 e. The molecule has 0 saturated heterocycles. The second-order valence-electron chi connectivity index (χ2n) is 8.27. The van der Waals surface area contributed by atoms with E-state index in [4.69, 9.17) is 21.7 Å². The summed E-state index contributed by atoms with van der Waals surface area (Å²) in [5, 5.41) is 13.2. The fourth-order valence-corrected chi connectivity index (χ4v) is 5.22. The van der Waals surface area contributed by atoms with Gasteiger partial charge in [-0.15, -0.1) is 11.3 Å². The molecular weight excluding hydrogens is 446 g/mol. The van der Waals surface area contributed by atoms with E-state index in [1.807, 2.05) is 24.3 Å². The van der Waals surface area contributed by atoms with Crippen LogP contribution < -0.4 is 5.32 Å². The average molecular weight is 470 g/mol. The molecule has 1 aliphatic rings. The fraction of sp³-hybridized carbons (Fsp3) is 0.292. The number of nitrogens with zero attached hydrogens (tertiary/aromatic N) is 2. The molecule has 0 saturated carbocycles. The quantitative estimate of drug-likeness (QED) is 0.484. The predicted octanol–water partition coefficient (Wildman–Crippen LogP) is 5.39. The van der Waals surface area contributed by atoms with Gasteiger partial charge in [0, 0.05) is 23.0 Å². The van der Waals surface area contributed by atoms with Gasteiger partial charge >= 0.3 is 5.97 Å². The molecule has 2 N–H and O–H groups in total. The van der Waals surface area contributed by atoms with E-state index in [-0.39, 0.29) is 23.9 Å². The highest BCUT2D eigenvalue weighted by Crippen LogP contribution is 2.43. The van der Waals surface area contributed by atoms with Crippen LogP contribution in [0.5, 0.6) is 0 Å². The molecule has 0 aliphatic carbocycles. The van der Waals surface area contributed by atoms with E-state index in [0.717, 1.165) is 29.4 Å². The molecular formula is C24H24ClN3O3S. The Bertz CT molecular complexity index is 1130. The second kappa shape index (κ2) is 9.40. The highest BCUT2D eigenvalue weighted by atomic mass is 35.5. The molecule has 0 unspecified atom stereocenters. The Morgan fingerprint density at radius 3 is 2.44 bits per heavy atom. The minimum atomic E-state index is -0.983. The minimum Gasteiger partial charge on any atom is -0.478 e. The molecule has 0 bridgehead atoms. The number of carbonyl (C=O) groups excluding carboxylic acids is 1. The lowest BCUT2D eigenvalue weighted by Crippen LogP contribution is -2.26. The maximum atomic E-state index is 12.5. The van der Waals surface area contributed by atoms with Crippen LogP contribution in [0.2, 0.25) is 5.02 Å². The summed E-state index contributed by atoms with van der Waals surface area (Å²) in [5.74, 6) is -0.773. The molecule has 1 amide bonds. The molecule has 4 rings (SSSR count). The van der Waals surface area contributed by atoms with Crippen LogP contribution in [-0.2, 0) is 24.3 Å². The zero-order valence-electron chi connectivity index (χ0n) is 17.8. The van der Waals surface area contributed by atoms with Crippen LogP contribution >= 0.6 is 22.9 Å². The van der Waals surface area contributed by atoms with Crippen molar-refractivity contribution < 1.29 is 14.7 Å². The summed E-state index contributed by atoms with van der Waals surface area (Å²) in [4.78, 5) is 31.8. The summed E-state index contributed by atoms with van der Waals surface area (Å²) in [5.41, 5.74) is 3.21. The van der Waals surface area contributed by atoms with Crippen molar-refractivity contribution in [1.29, 1.82) is 0 Å². The van der Waals surface area contributed by atoms with Crippen molar-refractivity contribution in [2.75, 3.05) is 5.32 Å². The van der Waals surface area contributed by atoms with Gasteiger partial charge in [0.1, 0.15) is 0 Å². The number of halogens is 1. The standard InChI is InChI=1S/C24H24ClN3O3S/c1-14(2)22-21-19(13-28(22)12-16-5-9-18(25)10-6-16)32-24(27-21)26-20(29)11-15-3-7-17(8-4-15)23(30)31/h3-10,14,22H,11-13H2,1-2H3,(H,30,31)(H,26,27,29)/t22-/m0/s1. The molecule has 32 heavy (non-hydrogen) atoms. The molecule has 2 heterocycles. The van der Waals surface area contributed by atoms with Crippen LogP contribution in [0.4, 0.5) is 5.13 Å². The van der Waals surface area contributed by atoms with Crippen LogP contribution in [0.15, 0.2) is 48.5 Å². The molecule has 0 radical (unpaired) electrons. The van der Waals surface area contributed by atoms with Crippen LogP contribution in [0, 0.1) is 5.92 Å². The third-order valence-corrected chi connectivity index (χ3v) is 6.71. The van der Waals surface area contributed by atoms with Gasteiger partial charge in [-0.25, -0.2) is 9.78 Å². The molecule has 0 fully saturated rings. The number of carbonyl (C=O) groups is 2. The van der Waals surface area contributed by atoms with Crippen molar-refractivity contribution in [3.05, 3.63) is 80.8 Å². The van der Waals surface area contributed by atoms with Crippen molar-refractivity contribution in [3.8, 4) is 0 Å². The number of fused-ring (bicyclic) bond motifs is 1. The molecule has 2 aromatic carbocycles. The molecule has 1 aliphatic heterocycles. The number of benzene rings is 2. The maximum Gasteiger partial charge on any atom is 0.335 e. The Hall–Kier alpha value is -2.74. The number of aromatic carboxylic acids is 1. The number of nitrogens with one attached hydrogen (secondary N) is 1. The van der Waals surface area contributed by atoms with E-state index in [1.54, 1.807) is 12.1 Å². The Balaban J connectivity index is 1.42. The van der Waals surface area contributed by atoms with Gasteiger partial charge in [-0.1, -0.05) is 49.7 Å². The Morgan fingerprint density at radius 1 is 1.16 bits per heavy atom. The third kappa shape index (κ3) is 5.01. The summed E-state index contributed by atoms with van der Waals surface area (Å²) >= 11 is 7.53. The van der Waals surface area contributed by atoms with Crippen LogP contribution in [0.1, 0.15) is 51.9 Å². The molecule has 8 heteroatoms. The lowest BCUT2D eigenvalue weighted by Gasteiger charge is -2.27. The summed E-state index contributed by atoms with van der Waals surface area (Å²) < 4.78 is 0. The van der Waals surface area contributed by atoms with Crippen LogP contribution in [0.25, 0.3) is 0 Å². The number of aromatic nitrogens is 1. The first kappa shape index (κ1) is 22.5. The second-order valence-corrected chi connectivity index (χ2v) is 9.79. The van der Waals surface area contributed by atoms with Crippen molar-refractivity contribution in [1.82, 2.24) is 9.88 Å². The van der Waals surface area contributed by atoms with Gasteiger partial charge in [-0.05, 0) is 41.3 Å². The van der Waals surface area contributed by atoms with Gasteiger partial charge in [0.2, 0.25) is 5.91 Å². The number of carboxylic acid groups (broad SMARTS) is 1. The third-order valence-electron chi connectivity index (χ3n) is 5.49. The van der Waals surface area contributed by atoms with E-state index in [9.17, 15) is 9.59 Å². The smallest absolute Gasteiger partial charge is 0.335 e. The average Bonchev–Trinajstić information content (AvgIpc) is 3.26.